The molecule has 0 bridgehead atoms. The summed E-state index contributed by atoms with van der Waals surface area (Å²) >= 11 is 5.84. The molecule has 17 heavy (non-hydrogen) atoms. The van der Waals surface area contributed by atoms with Crippen LogP contribution in [0.2, 0.25) is 5.02 Å². The second-order valence-corrected chi connectivity index (χ2v) is 4.97. The van der Waals surface area contributed by atoms with Crippen LogP contribution in [0.25, 0.3) is 0 Å². The van der Waals surface area contributed by atoms with Crippen molar-refractivity contribution in [3.05, 3.63) is 17.3 Å². The zero-order valence-electron chi connectivity index (χ0n) is 9.77. The number of hydrogen-bond donors (Lipinski definition) is 2. The normalized spacial score (nSPS) is 20.6. The SMILES string of the molecule is Nc1cc(Cl)cnc1N1CCCC(CCO)C1. The second kappa shape index (κ2) is 5.56. The molecule has 94 valence electrons. The Kier molecular flexibility index (Phi) is 4.07. The van der Waals surface area contributed by atoms with Crippen molar-refractivity contribution in [2.75, 3.05) is 30.3 Å². The van der Waals surface area contributed by atoms with Gasteiger partial charge in [0.2, 0.25) is 0 Å². The minimum atomic E-state index is 0.252. The first-order valence-corrected chi connectivity index (χ1v) is 6.35. The summed E-state index contributed by atoms with van der Waals surface area (Å²) in [7, 11) is 0. The Labute approximate surface area is 106 Å². The molecule has 1 fully saturated rings. The van der Waals surface area contributed by atoms with Gasteiger partial charge in [-0.15, -0.1) is 0 Å². The summed E-state index contributed by atoms with van der Waals surface area (Å²) < 4.78 is 0. The van der Waals surface area contributed by atoms with Gasteiger partial charge in [0.15, 0.2) is 5.82 Å². The Morgan fingerprint density at radius 3 is 3.12 bits per heavy atom. The van der Waals surface area contributed by atoms with Gasteiger partial charge in [0, 0.05) is 25.9 Å². The van der Waals surface area contributed by atoms with Crippen LogP contribution in [0.4, 0.5) is 11.5 Å². The van der Waals surface area contributed by atoms with Crippen molar-refractivity contribution in [3.8, 4) is 0 Å². The lowest BCUT2D eigenvalue weighted by atomic mass is 9.95. The molecule has 1 unspecified atom stereocenters. The first-order valence-electron chi connectivity index (χ1n) is 5.97. The number of nitrogens with two attached hydrogens (primary N) is 1. The number of aromatic nitrogens is 1. The topological polar surface area (TPSA) is 62.4 Å². The van der Waals surface area contributed by atoms with Gasteiger partial charge >= 0.3 is 0 Å². The minimum Gasteiger partial charge on any atom is -0.396 e. The molecule has 0 aliphatic carbocycles. The fraction of sp³-hybridized carbons (Fsp3) is 0.583. The van der Waals surface area contributed by atoms with E-state index >= 15 is 0 Å². The van der Waals surface area contributed by atoms with Gasteiger partial charge in [-0.2, -0.15) is 0 Å². The number of aliphatic hydroxyl groups excluding tert-OH is 1. The third kappa shape index (κ3) is 3.01. The maximum absolute atomic E-state index is 8.99. The van der Waals surface area contributed by atoms with Gasteiger partial charge in [-0.05, 0) is 31.2 Å². The van der Waals surface area contributed by atoms with Crippen LogP contribution in [-0.4, -0.2) is 29.8 Å². The van der Waals surface area contributed by atoms with Crippen LogP contribution in [0.1, 0.15) is 19.3 Å². The maximum Gasteiger partial charge on any atom is 0.151 e. The van der Waals surface area contributed by atoms with Gasteiger partial charge in [0.25, 0.3) is 0 Å². The van der Waals surface area contributed by atoms with Crippen molar-refractivity contribution < 1.29 is 5.11 Å². The fourth-order valence-electron chi connectivity index (χ4n) is 2.39. The monoisotopic (exact) mass is 255 g/mol. The summed E-state index contributed by atoms with van der Waals surface area (Å²) in [6.07, 6.45) is 4.77. The maximum atomic E-state index is 8.99. The van der Waals surface area contributed by atoms with Crippen LogP contribution in [0.15, 0.2) is 12.3 Å². The van der Waals surface area contributed by atoms with Crippen molar-refractivity contribution in [2.24, 2.45) is 5.92 Å². The molecule has 0 amide bonds. The molecule has 0 aromatic carbocycles. The molecule has 0 radical (unpaired) electrons. The van der Waals surface area contributed by atoms with E-state index in [1.165, 1.54) is 6.42 Å². The Bertz CT molecular complexity index is 384. The number of aliphatic hydroxyl groups is 1. The van der Waals surface area contributed by atoms with Crippen LogP contribution >= 0.6 is 11.6 Å². The molecule has 2 rings (SSSR count). The molecular formula is C12H18ClN3O. The summed E-state index contributed by atoms with van der Waals surface area (Å²) in [5, 5.41) is 9.56. The Morgan fingerprint density at radius 1 is 1.59 bits per heavy atom. The summed E-state index contributed by atoms with van der Waals surface area (Å²) in [5.74, 6) is 1.35. The standard InChI is InChI=1S/C12H18ClN3O/c13-10-6-11(14)12(15-7-10)16-4-1-2-9(8-16)3-5-17/h6-7,9,17H,1-5,8,14H2. The van der Waals surface area contributed by atoms with Gasteiger partial charge in [-0.1, -0.05) is 11.6 Å². The Balaban J connectivity index is 2.10. The first-order chi connectivity index (χ1) is 8.20. The molecule has 1 aliphatic rings. The van der Waals surface area contributed by atoms with Gasteiger partial charge in [0.05, 0.1) is 10.7 Å². The molecule has 1 aliphatic heterocycles. The van der Waals surface area contributed by atoms with Gasteiger partial charge in [-0.25, -0.2) is 4.98 Å². The highest BCUT2D eigenvalue weighted by atomic mass is 35.5. The van der Waals surface area contributed by atoms with E-state index in [0.29, 0.717) is 16.6 Å². The molecule has 4 nitrogen and oxygen atoms in total. The van der Waals surface area contributed by atoms with Gasteiger partial charge < -0.3 is 15.7 Å². The third-order valence-corrected chi connectivity index (χ3v) is 3.42. The highest BCUT2D eigenvalue weighted by Gasteiger charge is 2.21. The van der Waals surface area contributed by atoms with E-state index in [1.54, 1.807) is 12.3 Å². The summed E-state index contributed by atoms with van der Waals surface area (Å²) in [4.78, 5) is 6.49. The third-order valence-electron chi connectivity index (χ3n) is 3.22. The number of halogens is 1. The number of anilines is 2. The van der Waals surface area contributed by atoms with Crippen LogP contribution < -0.4 is 10.6 Å². The van der Waals surface area contributed by atoms with Crippen LogP contribution in [0.3, 0.4) is 0 Å². The molecule has 5 heteroatoms. The number of nitrogen functional groups attached to an aromatic ring is 1. The average Bonchev–Trinajstić information content (AvgIpc) is 2.29. The molecule has 1 aromatic heterocycles. The lowest BCUT2D eigenvalue weighted by Crippen LogP contribution is -2.36. The van der Waals surface area contributed by atoms with Crippen LogP contribution in [0.5, 0.6) is 0 Å². The lowest BCUT2D eigenvalue weighted by molar-refractivity contribution is 0.244. The number of hydrogen-bond acceptors (Lipinski definition) is 4. The zero-order chi connectivity index (χ0) is 12.3. The quantitative estimate of drug-likeness (QED) is 0.866. The first kappa shape index (κ1) is 12.5. The van der Waals surface area contributed by atoms with Gasteiger partial charge in [0.1, 0.15) is 0 Å². The number of rotatable bonds is 3. The molecule has 2 heterocycles. The van der Waals surface area contributed by atoms with Crippen molar-refractivity contribution in [1.29, 1.82) is 0 Å². The van der Waals surface area contributed by atoms with E-state index < -0.39 is 0 Å². The molecular weight excluding hydrogens is 238 g/mol. The van der Waals surface area contributed by atoms with Crippen LogP contribution in [0, 0.1) is 5.92 Å². The van der Waals surface area contributed by atoms with E-state index in [1.807, 2.05) is 0 Å². The van der Waals surface area contributed by atoms with Crippen molar-refractivity contribution in [2.45, 2.75) is 19.3 Å². The van der Waals surface area contributed by atoms with E-state index in [2.05, 4.69) is 9.88 Å². The lowest BCUT2D eigenvalue weighted by Gasteiger charge is -2.34. The number of pyridine rings is 1. The summed E-state index contributed by atoms with van der Waals surface area (Å²) in [6.45, 7) is 2.14. The Morgan fingerprint density at radius 2 is 2.41 bits per heavy atom. The predicted octanol–water partition coefficient (Wildman–Crippen LogP) is 1.92. The van der Waals surface area contributed by atoms with Crippen molar-refractivity contribution >= 4 is 23.1 Å². The largest absolute Gasteiger partial charge is 0.396 e. The molecule has 1 atom stereocenters. The molecule has 1 saturated heterocycles. The smallest absolute Gasteiger partial charge is 0.151 e. The van der Waals surface area contributed by atoms with E-state index in [-0.39, 0.29) is 6.61 Å². The molecule has 1 aromatic rings. The molecule has 0 saturated carbocycles. The van der Waals surface area contributed by atoms with Crippen molar-refractivity contribution in [3.63, 3.8) is 0 Å². The predicted molar refractivity (Wildman–Crippen MR) is 70.3 cm³/mol. The van der Waals surface area contributed by atoms with Crippen molar-refractivity contribution in [1.82, 2.24) is 4.98 Å². The summed E-state index contributed by atoms with van der Waals surface area (Å²) in [5.41, 5.74) is 6.56. The molecule has 0 spiro atoms. The van der Waals surface area contributed by atoms with E-state index in [4.69, 9.17) is 22.4 Å². The van der Waals surface area contributed by atoms with E-state index in [0.717, 1.165) is 31.7 Å². The summed E-state index contributed by atoms with van der Waals surface area (Å²) in [6, 6.07) is 1.74. The minimum absolute atomic E-state index is 0.252. The molecule has 3 N–H and O–H groups in total. The van der Waals surface area contributed by atoms with Crippen LogP contribution in [-0.2, 0) is 0 Å². The number of nitrogens with zero attached hydrogens (tertiary/aromatic N) is 2. The zero-order valence-corrected chi connectivity index (χ0v) is 10.5. The highest BCUT2D eigenvalue weighted by Crippen LogP contribution is 2.28. The highest BCUT2D eigenvalue weighted by molar-refractivity contribution is 6.30. The average molecular weight is 256 g/mol. The van der Waals surface area contributed by atoms with E-state index in [9.17, 15) is 0 Å². The Hall–Kier alpha value is -1.00. The van der Waals surface area contributed by atoms with Gasteiger partial charge in [-0.3, -0.25) is 0 Å². The second-order valence-electron chi connectivity index (χ2n) is 4.53. The fourth-order valence-corrected chi connectivity index (χ4v) is 2.55. The number of piperidine rings is 1.